The summed E-state index contributed by atoms with van der Waals surface area (Å²) in [6.07, 6.45) is -6.32. The van der Waals surface area contributed by atoms with Gasteiger partial charge in [-0.15, -0.1) is 0 Å². The third-order valence-electron chi connectivity index (χ3n) is 6.26. The first kappa shape index (κ1) is 31.7. The van der Waals surface area contributed by atoms with E-state index < -0.39 is 84.4 Å². The zero-order valence-corrected chi connectivity index (χ0v) is 22.9. The Bertz CT molecular complexity index is 1320. The quantitative estimate of drug-likeness (QED) is 0.353. The molecule has 9 nitrogen and oxygen atoms in total. The fourth-order valence-corrected chi connectivity index (χ4v) is 4.57. The number of amides is 3. The molecule has 0 saturated carbocycles. The standard InChI is InChI=1S/C26H31F6N5O4/c1-5-6-18-19-11-36(12-20(22(33)39)37(19)23(35-18)26(30,31)32)21(38)9-14(34-24(40)41-25(2,3)4)7-13-8-16(28)17(29)10-15(13)27/h8,10,14,20H,5-7,9,11-12H2,1-4H3,(H2,33,39)(H,34,40)/t14-,20?/m1/s1. The maximum Gasteiger partial charge on any atom is 0.449 e. The van der Waals surface area contributed by atoms with E-state index in [1.807, 2.05) is 0 Å². The second-order valence-electron chi connectivity index (χ2n) is 10.7. The van der Waals surface area contributed by atoms with E-state index in [0.29, 0.717) is 23.1 Å². The van der Waals surface area contributed by atoms with Crippen LogP contribution in [0.15, 0.2) is 12.1 Å². The number of nitrogens with one attached hydrogen (secondary N) is 1. The Morgan fingerprint density at radius 3 is 2.32 bits per heavy atom. The van der Waals surface area contributed by atoms with Gasteiger partial charge in [-0.2, -0.15) is 13.2 Å². The van der Waals surface area contributed by atoms with E-state index in [0.717, 1.165) is 4.90 Å². The van der Waals surface area contributed by atoms with Gasteiger partial charge in [0.2, 0.25) is 17.6 Å². The number of benzene rings is 1. The molecule has 3 amide bonds. The number of ether oxygens (including phenoxy) is 1. The molecule has 3 N–H and O–H groups in total. The van der Waals surface area contributed by atoms with Crippen molar-refractivity contribution in [3.05, 3.63) is 52.4 Å². The van der Waals surface area contributed by atoms with Crippen LogP contribution in [-0.2, 0) is 39.9 Å². The number of primary amides is 1. The number of aromatic nitrogens is 2. The van der Waals surface area contributed by atoms with E-state index in [1.54, 1.807) is 27.7 Å². The molecule has 3 rings (SSSR count). The van der Waals surface area contributed by atoms with Crippen molar-refractivity contribution in [2.75, 3.05) is 6.54 Å². The average Bonchev–Trinajstić information content (AvgIpc) is 3.19. The molecule has 0 saturated heterocycles. The molecule has 0 fully saturated rings. The van der Waals surface area contributed by atoms with Gasteiger partial charge in [0.1, 0.15) is 17.5 Å². The van der Waals surface area contributed by atoms with Gasteiger partial charge in [0, 0.05) is 18.5 Å². The number of rotatable bonds is 8. The van der Waals surface area contributed by atoms with Crippen LogP contribution in [0, 0.1) is 17.5 Å². The number of alkyl carbamates (subject to hydrolysis) is 1. The van der Waals surface area contributed by atoms with Crippen LogP contribution in [-0.4, -0.2) is 50.5 Å². The summed E-state index contributed by atoms with van der Waals surface area (Å²) in [6, 6.07) is -1.87. The predicted octanol–water partition coefficient (Wildman–Crippen LogP) is 4.17. The lowest BCUT2D eigenvalue weighted by atomic mass is 10.0. The fourth-order valence-electron chi connectivity index (χ4n) is 4.57. The summed E-state index contributed by atoms with van der Waals surface area (Å²) in [6.45, 7) is 5.58. The number of aryl methyl sites for hydroxylation is 1. The molecule has 1 aromatic heterocycles. The Balaban J connectivity index is 1.94. The van der Waals surface area contributed by atoms with Crippen LogP contribution in [0.25, 0.3) is 0 Å². The van der Waals surface area contributed by atoms with Crippen molar-refractivity contribution >= 4 is 17.9 Å². The number of hydrogen-bond acceptors (Lipinski definition) is 5. The van der Waals surface area contributed by atoms with E-state index in [1.165, 1.54) is 0 Å². The number of imidazole rings is 1. The Hall–Kier alpha value is -3.78. The number of fused-ring (bicyclic) bond motifs is 1. The molecular formula is C26H31F6N5O4. The second-order valence-corrected chi connectivity index (χ2v) is 10.7. The largest absolute Gasteiger partial charge is 0.449 e. The van der Waals surface area contributed by atoms with Crippen LogP contribution >= 0.6 is 0 Å². The number of nitrogens with two attached hydrogens (primary N) is 1. The second kappa shape index (κ2) is 12.0. The molecule has 2 heterocycles. The van der Waals surface area contributed by atoms with Crippen molar-refractivity contribution in [2.45, 2.75) is 83.8 Å². The molecule has 2 aromatic rings. The first-order valence-corrected chi connectivity index (χ1v) is 12.8. The number of halogens is 6. The van der Waals surface area contributed by atoms with E-state index in [9.17, 15) is 40.7 Å². The topological polar surface area (TPSA) is 120 Å². The number of alkyl halides is 3. The first-order valence-electron chi connectivity index (χ1n) is 12.8. The molecular weight excluding hydrogens is 560 g/mol. The van der Waals surface area contributed by atoms with Crippen molar-refractivity contribution in [3.63, 3.8) is 0 Å². The van der Waals surface area contributed by atoms with Gasteiger partial charge < -0.3 is 25.3 Å². The normalized spacial score (nSPS) is 16.2. The molecule has 1 unspecified atom stereocenters. The van der Waals surface area contributed by atoms with Gasteiger partial charge in [-0.05, 0) is 45.2 Å². The summed E-state index contributed by atoms with van der Waals surface area (Å²) in [5, 5.41) is 2.41. The molecule has 0 aliphatic carbocycles. The van der Waals surface area contributed by atoms with E-state index in [2.05, 4.69) is 10.3 Å². The van der Waals surface area contributed by atoms with Gasteiger partial charge >= 0.3 is 12.3 Å². The maximum absolute atomic E-state index is 14.4. The van der Waals surface area contributed by atoms with Crippen LogP contribution in [0.2, 0.25) is 0 Å². The van der Waals surface area contributed by atoms with Crippen LogP contribution in [0.1, 0.15) is 69.4 Å². The van der Waals surface area contributed by atoms with Crippen LogP contribution < -0.4 is 11.1 Å². The van der Waals surface area contributed by atoms with Crippen LogP contribution in [0.4, 0.5) is 31.1 Å². The summed E-state index contributed by atoms with van der Waals surface area (Å²) in [5.41, 5.74) is 4.19. The van der Waals surface area contributed by atoms with Gasteiger partial charge in [0.15, 0.2) is 11.6 Å². The number of carbonyl (C=O) groups excluding carboxylic acids is 3. The van der Waals surface area contributed by atoms with E-state index in [4.69, 9.17) is 10.5 Å². The third kappa shape index (κ3) is 7.70. The highest BCUT2D eigenvalue weighted by atomic mass is 19.4. The summed E-state index contributed by atoms with van der Waals surface area (Å²) >= 11 is 0. The molecule has 0 spiro atoms. The molecule has 1 aromatic carbocycles. The summed E-state index contributed by atoms with van der Waals surface area (Å²) in [7, 11) is 0. The minimum Gasteiger partial charge on any atom is -0.444 e. The number of carbonyl (C=O) groups is 3. The lowest BCUT2D eigenvalue weighted by Crippen LogP contribution is -2.49. The van der Waals surface area contributed by atoms with Gasteiger partial charge in [-0.3, -0.25) is 9.59 Å². The molecule has 0 bridgehead atoms. The van der Waals surface area contributed by atoms with Crippen molar-refractivity contribution < 1.29 is 45.5 Å². The van der Waals surface area contributed by atoms with Gasteiger partial charge in [-0.25, -0.2) is 22.9 Å². The molecule has 226 valence electrons. The molecule has 1 aliphatic heterocycles. The highest BCUT2D eigenvalue weighted by Crippen LogP contribution is 2.36. The lowest BCUT2D eigenvalue weighted by Gasteiger charge is -2.35. The Morgan fingerprint density at radius 2 is 1.76 bits per heavy atom. The lowest BCUT2D eigenvalue weighted by molar-refractivity contribution is -0.150. The molecule has 1 aliphatic rings. The minimum atomic E-state index is -4.89. The van der Waals surface area contributed by atoms with Crippen molar-refractivity contribution in [3.8, 4) is 0 Å². The minimum absolute atomic E-state index is 0.00845. The maximum atomic E-state index is 14.4. The first-order chi connectivity index (χ1) is 18.9. The summed E-state index contributed by atoms with van der Waals surface area (Å²) in [5.74, 6) is -7.05. The smallest absolute Gasteiger partial charge is 0.444 e. The fraction of sp³-hybridized carbons (Fsp3) is 0.538. The Kier molecular flexibility index (Phi) is 9.28. The molecule has 15 heteroatoms. The number of hydrogen-bond donors (Lipinski definition) is 2. The third-order valence-corrected chi connectivity index (χ3v) is 6.26. The zero-order valence-electron chi connectivity index (χ0n) is 22.9. The summed E-state index contributed by atoms with van der Waals surface area (Å²) in [4.78, 5) is 43.0. The van der Waals surface area contributed by atoms with Crippen molar-refractivity contribution in [1.82, 2.24) is 19.8 Å². The van der Waals surface area contributed by atoms with Gasteiger partial charge in [-0.1, -0.05) is 13.3 Å². The average molecular weight is 592 g/mol. The van der Waals surface area contributed by atoms with Crippen LogP contribution in [0.3, 0.4) is 0 Å². The van der Waals surface area contributed by atoms with E-state index in [-0.39, 0.29) is 29.9 Å². The highest BCUT2D eigenvalue weighted by Gasteiger charge is 2.44. The zero-order chi connectivity index (χ0) is 30.9. The van der Waals surface area contributed by atoms with E-state index >= 15 is 0 Å². The Labute approximate surface area is 232 Å². The van der Waals surface area contributed by atoms with Gasteiger partial charge in [0.25, 0.3) is 0 Å². The molecule has 0 radical (unpaired) electrons. The van der Waals surface area contributed by atoms with Crippen molar-refractivity contribution in [1.29, 1.82) is 0 Å². The van der Waals surface area contributed by atoms with Crippen LogP contribution in [0.5, 0.6) is 0 Å². The Morgan fingerprint density at radius 1 is 1.12 bits per heavy atom. The number of nitrogens with zero attached hydrogens (tertiary/aromatic N) is 3. The summed E-state index contributed by atoms with van der Waals surface area (Å²) < 4.78 is 88.9. The van der Waals surface area contributed by atoms with Gasteiger partial charge in [0.05, 0.1) is 24.5 Å². The highest BCUT2D eigenvalue weighted by molar-refractivity contribution is 5.82. The molecule has 2 atom stereocenters. The predicted molar refractivity (Wildman–Crippen MR) is 133 cm³/mol. The van der Waals surface area contributed by atoms with Crippen molar-refractivity contribution in [2.24, 2.45) is 5.73 Å². The SMILES string of the molecule is CCCc1nc(C(F)(F)F)n2c1CN(C(=O)C[C@@H](Cc1cc(F)c(F)cc1F)NC(=O)OC(C)(C)C)CC2C(N)=O. The monoisotopic (exact) mass is 591 g/mol. The molecule has 41 heavy (non-hydrogen) atoms.